The fourth-order valence-electron chi connectivity index (χ4n) is 1.50. The molecule has 0 aliphatic heterocycles. The number of nitrogens with two attached hydrogens (primary N) is 1. The summed E-state index contributed by atoms with van der Waals surface area (Å²) in [6.45, 7) is 7.05. The van der Waals surface area contributed by atoms with Crippen LogP contribution in [0, 0.1) is 12.8 Å². The third kappa shape index (κ3) is 2.10. The summed E-state index contributed by atoms with van der Waals surface area (Å²) in [7, 11) is 2.01. The highest BCUT2D eigenvalue weighted by atomic mass is 15.0. The first-order chi connectivity index (χ1) is 6.06. The number of aryl methyl sites for hydroxylation is 2. The summed E-state index contributed by atoms with van der Waals surface area (Å²) in [6, 6.07) is 0. The monoisotopic (exact) mass is 181 g/mol. The Morgan fingerprint density at radius 1 is 1.54 bits per heavy atom. The summed E-state index contributed by atoms with van der Waals surface area (Å²) in [5.74, 6) is 1.99. The molecule has 1 atom stereocenters. The quantitative estimate of drug-likeness (QED) is 0.766. The van der Waals surface area contributed by atoms with E-state index in [-0.39, 0.29) is 0 Å². The predicted molar refractivity (Wildman–Crippen MR) is 54.6 cm³/mol. The Bertz CT molecular complexity index is 256. The molecule has 74 valence electrons. The number of hydrogen-bond acceptors (Lipinski definition) is 2. The Morgan fingerprint density at radius 2 is 2.15 bits per heavy atom. The van der Waals surface area contributed by atoms with Crippen molar-refractivity contribution in [3.8, 4) is 0 Å². The minimum Gasteiger partial charge on any atom is -0.338 e. The maximum absolute atomic E-state index is 5.72. The van der Waals surface area contributed by atoms with E-state index in [1.165, 1.54) is 0 Å². The Hall–Kier alpha value is -0.830. The van der Waals surface area contributed by atoms with Gasteiger partial charge in [0.15, 0.2) is 0 Å². The van der Waals surface area contributed by atoms with Gasteiger partial charge >= 0.3 is 0 Å². The molecule has 0 bridgehead atoms. The van der Waals surface area contributed by atoms with Crippen molar-refractivity contribution in [1.82, 2.24) is 9.55 Å². The van der Waals surface area contributed by atoms with Gasteiger partial charge in [-0.15, -0.1) is 0 Å². The highest BCUT2D eigenvalue weighted by Gasteiger charge is 2.17. The highest BCUT2D eigenvalue weighted by Crippen LogP contribution is 2.21. The van der Waals surface area contributed by atoms with Gasteiger partial charge in [-0.05, 0) is 12.8 Å². The van der Waals surface area contributed by atoms with Crippen molar-refractivity contribution >= 4 is 0 Å². The second-order valence-electron chi connectivity index (χ2n) is 3.91. The molecule has 1 aromatic heterocycles. The molecule has 0 saturated carbocycles. The van der Waals surface area contributed by atoms with Crippen LogP contribution in [0.1, 0.15) is 31.3 Å². The molecule has 1 aromatic rings. The van der Waals surface area contributed by atoms with Crippen molar-refractivity contribution in [2.45, 2.75) is 26.7 Å². The normalized spacial score (nSPS) is 13.7. The van der Waals surface area contributed by atoms with E-state index in [1.807, 2.05) is 18.5 Å². The van der Waals surface area contributed by atoms with Crippen LogP contribution >= 0.6 is 0 Å². The SMILES string of the molecule is Cc1nc(C(CN)C(C)C)cn1C. The molecule has 1 heterocycles. The van der Waals surface area contributed by atoms with E-state index < -0.39 is 0 Å². The van der Waals surface area contributed by atoms with Gasteiger partial charge in [-0.25, -0.2) is 4.98 Å². The molecule has 3 nitrogen and oxygen atoms in total. The largest absolute Gasteiger partial charge is 0.338 e. The number of aromatic nitrogens is 2. The molecule has 2 N–H and O–H groups in total. The molecule has 0 radical (unpaired) electrons. The zero-order chi connectivity index (χ0) is 10.0. The Morgan fingerprint density at radius 3 is 2.46 bits per heavy atom. The van der Waals surface area contributed by atoms with Gasteiger partial charge in [0.25, 0.3) is 0 Å². The van der Waals surface area contributed by atoms with Gasteiger partial charge in [0.1, 0.15) is 5.82 Å². The van der Waals surface area contributed by atoms with Crippen LogP contribution in [-0.2, 0) is 7.05 Å². The average Bonchev–Trinajstić information content (AvgIpc) is 2.32. The number of imidazole rings is 1. The van der Waals surface area contributed by atoms with Crippen molar-refractivity contribution in [3.63, 3.8) is 0 Å². The second-order valence-corrected chi connectivity index (χ2v) is 3.91. The molecule has 13 heavy (non-hydrogen) atoms. The van der Waals surface area contributed by atoms with Gasteiger partial charge in [0, 0.05) is 25.7 Å². The van der Waals surface area contributed by atoms with Crippen molar-refractivity contribution in [3.05, 3.63) is 17.7 Å². The maximum atomic E-state index is 5.72. The summed E-state index contributed by atoms with van der Waals surface area (Å²) in [5, 5.41) is 0. The van der Waals surface area contributed by atoms with Gasteiger partial charge < -0.3 is 10.3 Å². The minimum absolute atomic E-state index is 0.389. The van der Waals surface area contributed by atoms with Crippen molar-refractivity contribution in [2.75, 3.05) is 6.54 Å². The molecule has 1 rings (SSSR count). The van der Waals surface area contributed by atoms with E-state index in [2.05, 4.69) is 25.0 Å². The zero-order valence-electron chi connectivity index (χ0n) is 8.91. The van der Waals surface area contributed by atoms with E-state index in [0.717, 1.165) is 11.5 Å². The minimum atomic E-state index is 0.389. The summed E-state index contributed by atoms with van der Waals surface area (Å²) in [5.41, 5.74) is 6.84. The summed E-state index contributed by atoms with van der Waals surface area (Å²) in [6.07, 6.45) is 2.08. The molecule has 0 spiro atoms. The molecule has 0 aliphatic rings. The van der Waals surface area contributed by atoms with Crippen molar-refractivity contribution in [1.29, 1.82) is 0 Å². The van der Waals surface area contributed by atoms with Crippen LogP contribution in [0.2, 0.25) is 0 Å². The first-order valence-corrected chi connectivity index (χ1v) is 4.76. The molecule has 0 saturated heterocycles. The van der Waals surface area contributed by atoms with E-state index in [1.54, 1.807) is 0 Å². The molecule has 0 amide bonds. The van der Waals surface area contributed by atoms with E-state index in [9.17, 15) is 0 Å². The lowest BCUT2D eigenvalue weighted by Gasteiger charge is -2.15. The van der Waals surface area contributed by atoms with Crippen LogP contribution in [0.3, 0.4) is 0 Å². The number of rotatable bonds is 3. The predicted octanol–water partition coefficient (Wildman–Crippen LogP) is 1.43. The molecular formula is C10H19N3. The fraction of sp³-hybridized carbons (Fsp3) is 0.700. The van der Waals surface area contributed by atoms with Gasteiger partial charge in [0.2, 0.25) is 0 Å². The lowest BCUT2D eigenvalue weighted by molar-refractivity contribution is 0.496. The lowest BCUT2D eigenvalue weighted by Crippen LogP contribution is -2.18. The topological polar surface area (TPSA) is 43.8 Å². The first-order valence-electron chi connectivity index (χ1n) is 4.76. The molecule has 0 aromatic carbocycles. The van der Waals surface area contributed by atoms with Crippen molar-refractivity contribution in [2.24, 2.45) is 18.7 Å². The van der Waals surface area contributed by atoms with Crippen LogP contribution < -0.4 is 5.73 Å². The summed E-state index contributed by atoms with van der Waals surface area (Å²) >= 11 is 0. The summed E-state index contributed by atoms with van der Waals surface area (Å²) < 4.78 is 2.04. The van der Waals surface area contributed by atoms with Crippen LogP contribution in [0.25, 0.3) is 0 Å². The molecular weight excluding hydrogens is 162 g/mol. The third-order valence-electron chi connectivity index (χ3n) is 2.57. The number of hydrogen-bond donors (Lipinski definition) is 1. The lowest BCUT2D eigenvalue weighted by atomic mass is 9.93. The van der Waals surface area contributed by atoms with Crippen LogP contribution in [0.15, 0.2) is 6.20 Å². The van der Waals surface area contributed by atoms with Crippen LogP contribution in [-0.4, -0.2) is 16.1 Å². The molecule has 1 unspecified atom stereocenters. The third-order valence-corrected chi connectivity index (χ3v) is 2.57. The molecule has 0 fully saturated rings. The van der Waals surface area contributed by atoms with E-state index >= 15 is 0 Å². The Labute approximate surface area is 80.0 Å². The Kier molecular flexibility index (Phi) is 3.09. The molecule has 0 aliphatic carbocycles. The van der Waals surface area contributed by atoms with Crippen LogP contribution in [0.4, 0.5) is 0 Å². The first kappa shape index (κ1) is 10.3. The summed E-state index contributed by atoms with van der Waals surface area (Å²) in [4.78, 5) is 4.49. The smallest absolute Gasteiger partial charge is 0.105 e. The second kappa shape index (κ2) is 3.92. The standard InChI is InChI=1S/C10H19N3/c1-7(2)9(5-11)10-6-13(4)8(3)12-10/h6-7,9H,5,11H2,1-4H3. The van der Waals surface area contributed by atoms with Crippen molar-refractivity contribution < 1.29 is 0 Å². The number of nitrogens with zero attached hydrogens (tertiary/aromatic N) is 2. The van der Waals surface area contributed by atoms with Crippen LogP contribution in [0.5, 0.6) is 0 Å². The maximum Gasteiger partial charge on any atom is 0.105 e. The van der Waals surface area contributed by atoms with Gasteiger partial charge in [-0.3, -0.25) is 0 Å². The Balaban J connectivity index is 2.92. The molecule has 3 heteroatoms. The van der Waals surface area contributed by atoms with E-state index in [4.69, 9.17) is 5.73 Å². The van der Waals surface area contributed by atoms with Gasteiger partial charge in [-0.1, -0.05) is 13.8 Å². The van der Waals surface area contributed by atoms with Gasteiger partial charge in [0.05, 0.1) is 5.69 Å². The highest BCUT2D eigenvalue weighted by molar-refractivity contribution is 5.10. The average molecular weight is 181 g/mol. The van der Waals surface area contributed by atoms with Gasteiger partial charge in [-0.2, -0.15) is 0 Å². The van der Waals surface area contributed by atoms with E-state index in [0.29, 0.717) is 18.4 Å². The zero-order valence-corrected chi connectivity index (χ0v) is 8.91. The fourth-order valence-corrected chi connectivity index (χ4v) is 1.50.